The van der Waals surface area contributed by atoms with Gasteiger partial charge in [0.2, 0.25) is 0 Å². The molecule has 23 heavy (non-hydrogen) atoms. The van der Waals surface area contributed by atoms with Crippen molar-refractivity contribution in [2.45, 2.75) is 13.8 Å². The maximum atomic E-state index is 12.3. The summed E-state index contributed by atoms with van der Waals surface area (Å²) in [5.74, 6) is -0.270. The van der Waals surface area contributed by atoms with Gasteiger partial charge in [0, 0.05) is 18.0 Å². The number of carbonyl (C=O) groups excluding carboxylic acids is 2. The van der Waals surface area contributed by atoms with E-state index in [0.717, 1.165) is 16.3 Å². The molecule has 0 aliphatic heterocycles. The van der Waals surface area contributed by atoms with E-state index >= 15 is 0 Å². The average molecular weight is 343 g/mol. The van der Waals surface area contributed by atoms with E-state index in [9.17, 15) is 9.59 Å². The Hall–Kier alpha value is -2.38. The lowest BCUT2D eigenvalue weighted by molar-refractivity contribution is 0.101. The Balaban J connectivity index is 1.81. The predicted octanol–water partition coefficient (Wildman–Crippen LogP) is 4.03. The van der Waals surface area contributed by atoms with Crippen molar-refractivity contribution < 1.29 is 9.59 Å². The van der Waals surface area contributed by atoms with Gasteiger partial charge >= 0.3 is 0 Å². The molecule has 5 nitrogen and oxygen atoms in total. The van der Waals surface area contributed by atoms with E-state index < -0.39 is 0 Å². The quantitative estimate of drug-likeness (QED) is 0.726. The van der Waals surface area contributed by atoms with E-state index in [1.165, 1.54) is 29.6 Å². The Labute approximate surface area is 141 Å². The number of pyridine rings is 1. The van der Waals surface area contributed by atoms with Gasteiger partial charge in [0.05, 0.1) is 15.4 Å². The molecule has 3 aromatic heterocycles. The first-order valence-electron chi connectivity index (χ1n) is 6.84. The van der Waals surface area contributed by atoms with Crippen LogP contribution in [0.3, 0.4) is 0 Å². The van der Waals surface area contributed by atoms with Gasteiger partial charge in [-0.05, 0) is 38.1 Å². The van der Waals surface area contributed by atoms with Gasteiger partial charge in [-0.2, -0.15) is 0 Å². The molecule has 0 atom stereocenters. The molecule has 0 saturated carbocycles. The van der Waals surface area contributed by atoms with Crippen LogP contribution < -0.4 is 5.32 Å². The first kappa shape index (κ1) is 15.5. The lowest BCUT2D eigenvalue weighted by atomic mass is 10.3. The fourth-order valence-electron chi connectivity index (χ4n) is 1.94. The number of nitrogens with zero attached hydrogens (tertiary/aromatic N) is 2. The molecule has 0 spiro atoms. The molecule has 0 fully saturated rings. The number of hydrogen-bond donors (Lipinski definition) is 1. The van der Waals surface area contributed by atoms with Crippen LogP contribution >= 0.6 is 22.7 Å². The maximum Gasteiger partial charge on any atom is 0.266 e. The third-order valence-corrected chi connectivity index (χ3v) is 5.42. The van der Waals surface area contributed by atoms with Crippen molar-refractivity contribution in [1.82, 2.24) is 9.97 Å². The van der Waals surface area contributed by atoms with Crippen LogP contribution in [-0.2, 0) is 0 Å². The summed E-state index contributed by atoms with van der Waals surface area (Å²) in [6.45, 7) is 3.34. The number of Topliss-reactive ketones (excluding diaryl/α,β-unsaturated/α-hetero) is 1. The predicted molar refractivity (Wildman–Crippen MR) is 92.4 cm³/mol. The van der Waals surface area contributed by atoms with Gasteiger partial charge in [-0.1, -0.05) is 11.3 Å². The Morgan fingerprint density at radius 1 is 1.13 bits per heavy atom. The fourth-order valence-corrected chi connectivity index (χ4v) is 3.69. The molecule has 3 rings (SSSR count). The minimum atomic E-state index is -0.230. The summed E-state index contributed by atoms with van der Waals surface area (Å²) >= 11 is 2.59. The van der Waals surface area contributed by atoms with Crippen molar-refractivity contribution in [2.75, 3.05) is 5.32 Å². The van der Waals surface area contributed by atoms with E-state index in [4.69, 9.17) is 0 Å². The molecular weight excluding hydrogens is 330 g/mol. The third kappa shape index (κ3) is 3.35. The standard InChI is InChI=1S/C16H13N3O2S2/c1-9-15(23-16(18-9)11-4-3-7-17-8-11)19-14(21)13-6-5-12(22-13)10(2)20/h3-8H,1-2H3,(H,19,21). The SMILES string of the molecule is CC(=O)c1ccc(C(=O)Nc2sc(-c3cccnc3)nc2C)s1. The highest BCUT2D eigenvalue weighted by molar-refractivity contribution is 7.19. The molecule has 1 N–H and O–H groups in total. The fraction of sp³-hybridized carbons (Fsp3) is 0.125. The van der Waals surface area contributed by atoms with Gasteiger partial charge < -0.3 is 5.32 Å². The molecular formula is C16H13N3O2S2. The van der Waals surface area contributed by atoms with Crippen molar-refractivity contribution in [3.05, 3.63) is 52.1 Å². The second-order valence-electron chi connectivity index (χ2n) is 4.85. The zero-order chi connectivity index (χ0) is 16.4. The molecule has 1 amide bonds. The summed E-state index contributed by atoms with van der Waals surface area (Å²) in [4.78, 5) is 33.3. The molecule has 0 unspecified atom stereocenters. The molecule has 0 saturated heterocycles. The van der Waals surface area contributed by atoms with Crippen molar-refractivity contribution in [1.29, 1.82) is 0 Å². The summed E-state index contributed by atoms with van der Waals surface area (Å²) < 4.78 is 0. The Morgan fingerprint density at radius 2 is 1.91 bits per heavy atom. The number of ketones is 1. The minimum absolute atomic E-state index is 0.0399. The second kappa shape index (κ2) is 6.39. The first-order valence-corrected chi connectivity index (χ1v) is 8.48. The van der Waals surface area contributed by atoms with E-state index in [-0.39, 0.29) is 11.7 Å². The van der Waals surface area contributed by atoms with Crippen LogP contribution in [0.4, 0.5) is 5.00 Å². The largest absolute Gasteiger partial charge is 0.311 e. The van der Waals surface area contributed by atoms with Crippen LogP contribution in [-0.4, -0.2) is 21.7 Å². The Morgan fingerprint density at radius 3 is 2.57 bits per heavy atom. The number of nitrogens with one attached hydrogen (secondary N) is 1. The van der Waals surface area contributed by atoms with Crippen LogP contribution in [0.25, 0.3) is 10.6 Å². The van der Waals surface area contributed by atoms with Crippen molar-refractivity contribution >= 4 is 39.4 Å². The number of hydrogen-bond acceptors (Lipinski definition) is 6. The van der Waals surface area contributed by atoms with Gasteiger partial charge in [0.25, 0.3) is 5.91 Å². The Bertz CT molecular complexity index is 869. The molecule has 0 aliphatic rings. The highest BCUT2D eigenvalue weighted by Crippen LogP contribution is 2.32. The van der Waals surface area contributed by atoms with Gasteiger partial charge in [-0.15, -0.1) is 11.3 Å². The third-order valence-electron chi connectivity index (χ3n) is 3.11. The van der Waals surface area contributed by atoms with Crippen LogP contribution in [0, 0.1) is 6.92 Å². The maximum absolute atomic E-state index is 12.3. The zero-order valence-corrected chi connectivity index (χ0v) is 14.1. The molecule has 3 aromatic rings. The zero-order valence-electron chi connectivity index (χ0n) is 12.5. The molecule has 0 bridgehead atoms. The average Bonchev–Trinajstić information content (AvgIpc) is 3.16. The lowest BCUT2D eigenvalue weighted by Gasteiger charge is -2.00. The number of aromatic nitrogens is 2. The smallest absolute Gasteiger partial charge is 0.266 e. The molecule has 0 aromatic carbocycles. The highest BCUT2D eigenvalue weighted by Gasteiger charge is 2.15. The van der Waals surface area contributed by atoms with Crippen molar-refractivity contribution in [3.8, 4) is 10.6 Å². The van der Waals surface area contributed by atoms with Gasteiger partial charge in [-0.3, -0.25) is 14.6 Å². The van der Waals surface area contributed by atoms with Gasteiger partial charge in [0.15, 0.2) is 5.78 Å². The topological polar surface area (TPSA) is 72.0 Å². The van der Waals surface area contributed by atoms with Crippen LogP contribution in [0.2, 0.25) is 0 Å². The van der Waals surface area contributed by atoms with Crippen LogP contribution in [0.15, 0.2) is 36.7 Å². The molecule has 3 heterocycles. The van der Waals surface area contributed by atoms with E-state index in [2.05, 4.69) is 15.3 Å². The van der Waals surface area contributed by atoms with Crippen molar-refractivity contribution in [2.24, 2.45) is 0 Å². The van der Waals surface area contributed by atoms with Crippen LogP contribution in [0.1, 0.15) is 32.0 Å². The summed E-state index contributed by atoms with van der Waals surface area (Å²) in [5.41, 5.74) is 1.67. The molecule has 0 radical (unpaired) electrons. The highest BCUT2D eigenvalue weighted by atomic mass is 32.1. The summed E-state index contributed by atoms with van der Waals surface area (Å²) in [5, 5.41) is 4.37. The van der Waals surface area contributed by atoms with Gasteiger partial charge in [0.1, 0.15) is 10.0 Å². The second-order valence-corrected chi connectivity index (χ2v) is 6.93. The molecule has 7 heteroatoms. The number of thiophene rings is 1. The van der Waals surface area contributed by atoms with E-state index in [0.29, 0.717) is 14.8 Å². The lowest BCUT2D eigenvalue weighted by Crippen LogP contribution is -2.09. The summed E-state index contributed by atoms with van der Waals surface area (Å²) in [7, 11) is 0. The monoisotopic (exact) mass is 343 g/mol. The first-order chi connectivity index (χ1) is 11.0. The normalized spacial score (nSPS) is 10.5. The molecule has 0 aliphatic carbocycles. The number of anilines is 1. The van der Waals surface area contributed by atoms with Gasteiger partial charge in [-0.25, -0.2) is 4.98 Å². The number of aryl methyl sites for hydroxylation is 1. The number of amides is 1. The number of carbonyl (C=O) groups is 2. The molecule has 116 valence electrons. The number of thiazole rings is 1. The van der Waals surface area contributed by atoms with E-state index in [1.54, 1.807) is 24.5 Å². The minimum Gasteiger partial charge on any atom is -0.311 e. The summed E-state index contributed by atoms with van der Waals surface area (Å²) in [6.07, 6.45) is 3.44. The van der Waals surface area contributed by atoms with Crippen molar-refractivity contribution in [3.63, 3.8) is 0 Å². The van der Waals surface area contributed by atoms with Crippen LogP contribution in [0.5, 0.6) is 0 Å². The van der Waals surface area contributed by atoms with E-state index in [1.807, 2.05) is 19.1 Å². The number of rotatable bonds is 4. The Kier molecular flexibility index (Phi) is 4.31. The summed E-state index contributed by atoms with van der Waals surface area (Å²) in [6, 6.07) is 7.10.